The molecule has 1 heterocycles. The van der Waals surface area contributed by atoms with Gasteiger partial charge in [0.05, 0.1) is 5.69 Å². The fraction of sp³-hybridized carbons (Fsp3) is 0.200. The number of hydrogen-bond donors (Lipinski definition) is 1. The number of likely N-dealkylation sites (tertiary alicyclic amines) is 1. The summed E-state index contributed by atoms with van der Waals surface area (Å²) >= 11 is 12.1. The van der Waals surface area contributed by atoms with Crippen LogP contribution in [0.15, 0.2) is 72.8 Å². The van der Waals surface area contributed by atoms with Crippen molar-refractivity contribution in [3.05, 3.63) is 88.4 Å². The third kappa shape index (κ3) is 5.42. The summed E-state index contributed by atoms with van der Waals surface area (Å²) < 4.78 is 5.92. The molecule has 7 heteroatoms. The molecule has 0 aliphatic carbocycles. The largest absolute Gasteiger partial charge is 0.455 e. The van der Waals surface area contributed by atoms with Crippen LogP contribution in [0.4, 0.5) is 5.69 Å². The Kier molecular flexibility index (Phi) is 6.98. The fourth-order valence-electron chi connectivity index (χ4n) is 3.72. The number of anilines is 1. The summed E-state index contributed by atoms with van der Waals surface area (Å²) in [5.74, 6) is 0.719. The van der Waals surface area contributed by atoms with E-state index in [9.17, 15) is 9.59 Å². The number of amides is 2. The average molecular weight is 469 g/mol. The van der Waals surface area contributed by atoms with Crippen LogP contribution >= 0.6 is 23.2 Å². The van der Waals surface area contributed by atoms with Gasteiger partial charge in [0.25, 0.3) is 5.91 Å². The van der Waals surface area contributed by atoms with Gasteiger partial charge in [0.1, 0.15) is 5.75 Å². The van der Waals surface area contributed by atoms with Gasteiger partial charge in [-0.2, -0.15) is 0 Å². The molecule has 1 N–H and O–H groups in total. The molecule has 0 bridgehead atoms. The first kappa shape index (κ1) is 22.2. The number of halogens is 2. The third-order valence-corrected chi connectivity index (χ3v) is 5.82. The molecule has 0 unspecified atom stereocenters. The van der Waals surface area contributed by atoms with Gasteiger partial charge in [-0.1, -0.05) is 53.5 Å². The van der Waals surface area contributed by atoms with Crippen molar-refractivity contribution in [3.63, 3.8) is 0 Å². The molecule has 0 saturated carbocycles. The lowest BCUT2D eigenvalue weighted by Gasteiger charge is -2.31. The number of rotatable bonds is 5. The number of hydrogen-bond acceptors (Lipinski definition) is 3. The molecule has 1 aliphatic heterocycles. The highest BCUT2D eigenvalue weighted by atomic mass is 35.5. The molecular weight excluding hydrogens is 447 g/mol. The van der Waals surface area contributed by atoms with Gasteiger partial charge in [-0.15, -0.1) is 0 Å². The maximum absolute atomic E-state index is 12.9. The molecule has 164 valence electrons. The molecule has 0 aromatic heterocycles. The Bertz CT molecular complexity index is 1090. The number of para-hydroxylation sites is 2. The van der Waals surface area contributed by atoms with Crippen molar-refractivity contribution >= 4 is 40.7 Å². The van der Waals surface area contributed by atoms with Gasteiger partial charge in [-0.05, 0) is 55.3 Å². The standard InChI is InChI=1S/C25H22Cl2N2O3/c26-19-14-20(27)16-21(15-19)32-23-9-5-4-8-22(23)28-24(30)17-10-12-29(13-11-17)25(31)18-6-2-1-3-7-18/h1-9,14-17H,10-13H2,(H,28,30). The van der Waals surface area contributed by atoms with Gasteiger partial charge < -0.3 is 15.0 Å². The van der Waals surface area contributed by atoms with Crippen molar-refractivity contribution in [2.24, 2.45) is 5.92 Å². The number of nitrogens with one attached hydrogen (secondary N) is 1. The zero-order chi connectivity index (χ0) is 22.5. The van der Waals surface area contributed by atoms with Gasteiger partial charge in [-0.25, -0.2) is 0 Å². The number of carbonyl (C=O) groups is 2. The lowest BCUT2D eigenvalue weighted by Crippen LogP contribution is -2.41. The third-order valence-electron chi connectivity index (χ3n) is 5.38. The Balaban J connectivity index is 1.38. The van der Waals surface area contributed by atoms with Gasteiger partial charge >= 0.3 is 0 Å². The molecule has 2 amide bonds. The summed E-state index contributed by atoms with van der Waals surface area (Å²) in [4.78, 5) is 27.3. The second kappa shape index (κ2) is 10.1. The lowest BCUT2D eigenvalue weighted by atomic mass is 9.95. The molecule has 3 aromatic carbocycles. The highest BCUT2D eigenvalue weighted by molar-refractivity contribution is 6.34. The van der Waals surface area contributed by atoms with Crippen molar-refractivity contribution in [2.45, 2.75) is 12.8 Å². The van der Waals surface area contributed by atoms with Gasteiger partial charge in [-0.3, -0.25) is 9.59 Å². The highest BCUT2D eigenvalue weighted by Gasteiger charge is 2.28. The topological polar surface area (TPSA) is 58.6 Å². The van der Waals surface area contributed by atoms with E-state index in [1.54, 1.807) is 35.2 Å². The molecular formula is C25H22Cl2N2O3. The van der Waals surface area contributed by atoms with Crippen molar-refractivity contribution in [1.29, 1.82) is 0 Å². The van der Waals surface area contributed by atoms with Gasteiger partial charge in [0.15, 0.2) is 5.75 Å². The van der Waals surface area contributed by atoms with E-state index < -0.39 is 0 Å². The summed E-state index contributed by atoms with van der Waals surface area (Å²) in [6.45, 7) is 1.09. The molecule has 0 radical (unpaired) electrons. The first-order valence-corrected chi connectivity index (χ1v) is 11.1. The maximum atomic E-state index is 12.9. The van der Waals surface area contributed by atoms with E-state index in [1.807, 2.05) is 42.5 Å². The second-order valence-corrected chi connectivity index (χ2v) is 8.50. The van der Waals surface area contributed by atoms with E-state index in [4.69, 9.17) is 27.9 Å². The summed E-state index contributed by atoms with van der Waals surface area (Å²) in [6.07, 6.45) is 1.22. The summed E-state index contributed by atoms with van der Waals surface area (Å²) in [7, 11) is 0. The zero-order valence-corrected chi connectivity index (χ0v) is 18.8. The van der Waals surface area contributed by atoms with Crippen LogP contribution < -0.4 is 10.1 Å². The monoisotopic (exact) mass is 468 g/mol. The van der Waals surface area contributed by atoms with Crippen molar-refractivity contribution in [2.75, 3.05) is 18.4 Å². The molecule has 1 saturated heterocycles. The Morgan fingerprint density at radius 3 is 2.19 bits per heavy atom. The quantitative estimate of drug-likeness (QED) is 0.479. The predicted molar refractivity (Wildman–Crippen MR) is 127 cm³/mol. The van der Waals surface area contributed by atoms with Crippen molar-refractivity contribution in [3.8, 4) is 11.5 Å². The van der Waals surface area contributed by atoms with Crippen LogP contribution in [0.5, 0.6) is 11.5 Å². The van der Waals surface area contributed by atoms with Gasteiger partial charge in [0.2, 0.25) is 5.91 Å². The Labute approximate surface area is 196 Å². The van der Waals surface area contributed by atoms with Crippen LogP contribution in [-0.2, 0) is 4.79 Å². The van der Waals surface area contributed by atoms with Crippen LogP contribution in [0.2, 0.25) is 10.0 Å². The number of carbonyl (C=O) groups excluding carboxylic acids is 2. The predicted octanol–water partition coefficient (Wildman–Crippen LogP) is 6.28. The molecule has 4 rings (SSSR count). The summed E-state index contributed by atoms with van der Waals surface area (Å²) in [5.41, 5.74) is 1.24. The minimum atomic E-state index is -0.177. The normalized spacial score (nSPS) is 14.1. The molecule has 3 aromatic rings. The second-order valence-electron chi connectivity index (χ2n) is 7.63. The molecule has 0 spiro atoms. The SMILES string of the molecule is O=C(Nc1ccccc1Oc1cc(Cl)cc(Cl)c1)C1CCN(C(=O)c2ccccc2)CC1. The highest BCUT2D eigenvalue weighted by Crippen LogP contribution is 2.33. The minimum Gasteiger partial charge on any atom is -0.455 e. The van der Waals surface area contributed by atoms with E-state index in [1.165, 1.54) is 0 Å². The average Bonchev–Trinajstić information content (AvgIpc) is 2.80. The Hall–Kier alpha value is -3.02. The van der Waals surface area contributed by atoms with Crippen LogP contribution in [-0.4, -0.2) is 29.8 Å². The minimum absolute atomic E-state index is 0.00314. The van der Waals surface area contributed by atoms with Crippen LogP contribution in [0.3, 0.4) is 0 Å². The van der Waals surface area contributed by atoms with Crippen LogP contribution in [0, 0.1) is 5.92 Å². The molecule has 0 atom stereocenters. The first-order valence-electron chi connectivity index (χ1n) is 10.4. The Morgan fingerprint density at radius 2 is 1.50 bits per heavy atom. The number of nitrogens with zero attached hydrogens (tertiary/aromatic N) is 1. The molecule has 32 heavy (non-hydrogen) atoms. The smallest absolute Gasteiger partial charge is 0.253 e. The van der Waals surface area contributed by atoms with E-state index in [-0.39, 0.29) is 17.7 Å². The van der Waals surface area contributed by atoms with Crippen molar-refractivity contribution in [1.82, 2.24) is 4.90 Å². The van der Waals surface area contributed by atoms with Gasteiger partial charge in [0, 0.05) is 34.6 Å². The summed E-state index contributed by atoms with van der Waals surface area (Å²) in [5, 5.41) is 3.90. The molecule has 1 aliphatic rings. The van der Waals surface area contributed by atoms with E-state index in [2.05, 4.69) is 5.32 Å². The van der Waals surface area contributed by atoms with Crippen LogP contribution in [0.1, 0.15) is 23.2 Å². The fourth-order valence-corrected chi connectivity index (χ4v) is 4.22. The number of benzene rings is 3. The maximum Gasteiger partial charge on any atom is 0.253 e. The van der Waals surface area contributed by atoms with Crippen molar-refractivity contribution < 1.29 is 14.3 Å². The van der Waals surface area contributed by atoms with E-state index >= 15 is 0 Å². The molecule has 1 fully saturated rings. The molecule has 5 nitrogen and oxygen atoms in total. The number of ether oxygens (including phenoxy) is 1. The van der Waals surface area contributed by atoms with E-state index in [0.29, 0.717) is 58.7 Å². The Morgan fingerprint density at radius 1 is 0.875 bits per heavy atom. The first-order chi connectivity index (χ1) is 15.5. The number of piperidine rings is 1. The van der Waals surface area contributed by atoms with E-state index in [0.717, 1.165) is 0 Å². The zero-order valence-electron chi connectivity index (χ0n) is 17.3. The summed E-state index contributed by atoms with van der Waals surface area (Å²) in [6, 6.07) is 21.4. The lowest BCUT2D eigenvalue weighted by molar-refractivity contribution is -0.121. The van der Waals surface area contributed by atoms with Crippen LogP contribution in [0.25, 0.3) is 0 Å².